The van der Waals surface area contributed by atoms with Crippen molar-refractivity contribution in [3.05, 3.63) is 247 Å². The molecule has 0 heteroatoms. The van der Waals surface area contributed by atoms with Gasteiger partial charge in [-0.1, -0.05) is 211 Å². The summed E-state index contributed by atoms with van der Waals surface area (Å²) in [5.74, 6) is 41.0. The van der Waals surface area contributed by atoms with E-state index in [0.717, 1.165) is 92.4 Å². The van der Waals surface area contributed by atoms with Crippen LogP contribution in [0.4, 0.5) is 0 Å². The van der Waals surface area contributed by atoms with Gasteiger partial charge >= 0.3 is 0 Å². The molecule has 0 saturated carbocycles. The average molecular weight is 959 g/mol. The smallest absolute Gasteiger partial charge is 0.0419 e. The highest BCUT2D eigenvalue weighted by molar-refractivity contribution is 5.65. The first kappa shape index (κ1) is 53.7. The SMILES string of the molecule is CCCCCCCCc1ccc(C#Cc2ccc(C#Cc3cc(C#Cc4ccc(CC)cc4)c(C#Cc4ccc(C#Cc5ccc(CCCCCCCC)cc5)cc4)cc3C#Cc3ccc(CC)cc3)cc2)cc1. The van der Waals surface area contributed by atoms with Crippen LogP contribution in [0.3, 0.4) is 0 Å². The molecule has 0 aliphatic carbocycles. The zero-order valence-corrected chi connectivity index (χ0v) is 44.3. The second-order valence-corrected chi connectivity index (χ2v) is 19.1. The lowest BCUT2D eigenvalue weighted by molar-refractivity contribution is 0.607. The molecule has 0 unspecified atom stereocenters. The first-order chi connectivity index (χ1) is 36.5. The van der Waals surface area contributed by atoms with Crippen LogP contribution >= 0.6 is 0 Å². The Morgan fingerprint density at radius 2 is 0.419 bits per heavy atom. The molecule has 0 aliphatic heterocycles. The summed E-state index contributed by atoms with van der Waals surface area (Å²) in [4.78, 5) is 0. The van der Waals surface area contributed by atoms with Crippen LogP contribution in [0.25, 0.3) is 0 Å². The summed E-state index contributed by atoms with van der Waals surface area (Å²) in [7, 11) is 0. The molecule has 366 valence electrons. The minimum Gasteiger partial charge on any atom is -0.0654 e. The third-order valence-electron chi connectivity index (χ3n) is 13.3. The number of hydrogen-bond acceptors (Lipinski definition) is 0. The Balaban J connectivity index is 1.13. The van der Waals surface area contributed by atoms with E-state index < -0.39 is 0 Å². The molecule has 0 bridgehead atoms. The lowest BCUT2D eigenvalue weighted by Crippen LogP contribution is -1.93. The van der Waals surface area contributed by atoms with Gasteiger partial charge in [-0.15, -0.1) is 0 Å². The first-order valence-corrected chi connectivity index (χ1v) is 27.3. The predicted octanol–water partition coefficient (Wildman–Crippen LogP) is 17.0. The summed E-state index contributed by atoms with van der Waals surface area (Å²) in [6, 6.07) is 54.8. The Labute approximate surface area is 445 Å². The van der Waals surface area contributed by atoms with Crippen LogP contribution in [-0.2, 0) is 25.7 Å². The van der Waals surface area contributed by atoms with Crippen molar-refractivity contribution in [2.24, 2.45) is 0 Å². The molecular weight excluding hydrogens is 889 g/mol. The van der Waals surface area contributed by atoms with E-state index in [1.165, 1.54) is 99.3 Å². The van der Waals surface area contributed by atoms with Crippen LogP contribution in [0.5, 0.6) is 0 Å². The highest BCUT2D eigenvalue weighted by Gasteiger charge is 2.07. The van der Waals surface area contributed by atoms with Crippen LogP contribution in [0, 0.1) is 71.0 Å². The number of unbranched alkanes of at least 4 members (excludes halogenated alkanes) is 10. The molecule has 0 aliphatic rings. The zero-order chi connectivity index (χ0) is 51.4. The minimum absolute atomic E-state index is 0.790. The summed E-state index contributed by atoms with van der Waals surface area (Å²) < 4.78 is 0. The Hall–Kier alpha value is -8.10. The number of benzene rings is 7. The number of aryl methyl sites for hydroxylation is 4. The molecule has 0 amide bonds. The van der Waals surface area contributed by atoms with Gasteiger partial charge < -0.3 is 0 Å². The second-order valence-electron chi connectivity index (χ2n) is 19.1. The Bertz CT molecular complexity index is 3040. The lowest BCUT2D eigenvalue weighted by Gasteiger charge is -2.04. The fourth-order valence-corrected chi connectivity index (χ4v) is 8.51. The van der Waals surface area contributed by atoms with Crippen LogP contribution in [0.1, 0.15) is 194 Å². The molecule has 7 aromatic carbocycles. The maximum absolute atomic E-state index is 3.48. The molecule has 0 spiro atoms. The molecule has 7 rings (SSSR count). The second kappa shape index (κ2) is 30.1. The van der Waals surface area contributed by atoms with E-state index in [2.05, 4.69) is 196 Å². The summed E-state index contributed by atoms with van der Waals surface area (Å²) in [5, 5.41) is 0. The maximum atomic E-state index is 3.48. The molecule has 0 N–H and O–H groups in total. The number of rotatable bonds is 16. The highest BCUT2D eigenvalue weighted by atomic mass is 14.1. The molecule has 0 fully saturated rings. The van der Waals surface area contributed by atoms with Gasteiger partial charge in [-0.3, -0.25) is 0 Å². The topological polar surface area (TPSA) is 0 Å². The summed E-state index contributed by atoms with van der Waals surface area (Å²) in [6.45, 7) is 8.86. The summed E-state index contributed by atoms with van der Waals surface area (Å²) in [5.41, 5.74) is 16.1. The third-order valence-corrected chi connectivity index (χ3v) is 13.3. The normalized spacial score (nSPS) is 10.1. The predicted molar refractivity (Wildman–Crippen MR) is 314 cm³/mol. The van der Waals surface area contributed by atoms with Crippen molar-refractivity contribution in [3.8, 4) is 71.0 Å². The molecular formula is C74H70. The van der Waals surface area contributed by atoms with Gasteiger partial charge in [-0.25, -0.2) is 0 Å². The largest absolute Gasteiger partial charge is 0.0654 e. The standard InChI is InChI=1S/C74H70/c1-5-9-11-13-15-17-19-61-29-33-63(34-30-61)37-39-65-41-45-69(46-42-65)51-55-73-57-72(54-50-68-27-23-60(8-4)24-28-68)74(58-71(73)53-49-67-25-21-59(7-3)22-26-67)56-52-70-47-43-66(44-48-70)40-38-64-35-31-62(32-36-64)20-18-16-14-12-10-6-2/h21-36,41-48,57-58H,5-20H2,1-4H3. The fraction of sp³-hybridized carbons (Fsp3) is 0.270. The van der Waals surface area contributed by atoms with E-state index in [0.29, 0.717) is 0 Å². The van der Waals surface area contributed by atoms with Crippen molar-refractivity contribution in [1.82, 2.24) is 0 Å². The van der Waals surface area contributed by atoms with Gasteiger partial charge in [0, 0.05) is 66.8 Å². The van der Waals surface area contributed by atoms with Gasteiger partial charge in [0.05, 0.1) is 0 Å². The van der Waals surface area contributed by atoms with Gasteiger partial charge in [0.1, 0.15) is 0 Å². The summed E-state index contributed by atoms with van der Waals surface area (Å²) >= 11 is 0. The van der Waals surface area contributed by atoms with E-state index in [-0.39, 0.29) is 0 Å². The molecule has 0 radical (unpaired) electrons. The van der Waals surface area contributed by atoms with Crippen LogP contribution in [-0.4, -0.2) is 0 Å². The van der Waals surface area contributed by atoms with Gasteiger partial charge in [-0.2, -0.15) is 0 Å². The molecule has 0 aromatic heterocycles. The quantitative estimate of drug-likeness (QED) is 0.0669. The lowest BCUT2D eigenvalue weighted by atomic mass is 9.97. The molecule has 0 saturated heterocycles. The fourth-order valence-electron chi connectivity index (χ4n) is 8.51. The minimum atomic E-state index is 0.790. The van der Waals surface area contributed by atoms with Crippen molar-refractivity contribution in [2.45, 2.75) is 130 Å². The first-order valence-electron chi connectivity index (χ1n) is 27.3. The molecule has 0 heterocycles. The van der Waals surface area contributed by atoms with Crippen LogP contribution in [0.2, 0.25) is 0 Å². The molecule has 0 atom stereocenters. The maximum Gasteiger partial charge on any atom is 0.0419 e. The Morgan fingerprint density at radius 1 is 0.216 bits per heavy atom. The van der Waals surface area contributed by atoms with E-state index in [1.807, 2.05) is 60.7 Å². The van der Waals surface area contributed by atoms with Crippen molar-refractivity contribution in [1.29, 1.82) is 0 Å². The average Bonchev–Trinajstić information content (AvgIpc) is 3.45. The van der Waals surface area contributed by atoms with Crippen LogP contribution in [0.15, 0.2) is 158 Å². The third kappa shape index (κ3) is 18.2. The molecule has 7 aromatic rings. The van der Waals surface area contributed by atoms with Crippen molar-refractivity contribution >= 4 is 0 Å². The Morgan fingerprint density at radius 3 is 0.662 bits per heavy atom. The molecule has 0 nitrogen and oxygen atoms in total. The van der Waals surface area contributed by atoms with E-state index in [4.69, 9.17) is 0 Å². The van der Waals surface area contributed by atoms with Gasteiger partial charge in [0.2, 0.25) is 0 Å². The monoisotopic (exact) mass is 959 g/mol. The van der Waals surface area contributed by atoms with Gasteiger partial charge in [0.25, 0.3) is 0 Å². The van der Waals surface area contributed by atoms with Gasteiger partial charge in [0.15, 0.2) is 0 Å². The van der Waals surface area contributed by atoms with E-state index in [9.17, 15) is 0 Å². The van der Waals surface area contributed by atoms with Crippen molar-refractivity contribution < 1.29 is 0 Å². The van der Waals surface area contributed by atoms with Crippen molar-refractivity contribution in [2.75, 3.05) is 0 Å². The highest BCUT2D eigenvalue weighted by Crippen LogP contribution is 2.19. The van der Waals surface area contributed by atoms with Gasteiger partial charge in [-0.05, 0) is 170 Å². The van der Waals surface area contributed by atoms with Crippen molar-refractivity contribution in [3.63, 3.8) is 0 Å². The van der Waals surface area contributed by atoms with Crippen LogP contribution < -0.4 is 0 Å². The Kier molecular flexibility index (Phi) is 21.8. The number of hydrogen-bond donors (Lipinski definition) is 0. The zero-order valence-electron chi connectivity index (χ0n) is 44.3. The summed E-state index contributed by atoms with van der Waals surface area (Å²) in [6.07, 6.45) is 20.0. The van der Waals surface area contributed by atoms with E-state index in [1.54, 1.807) is 0 Å². The molecule has 74 heavy (non-hydrogen) atoms. The van der Waals surface area contributed by atoms with E-state index >= 15 is 0 Å².